The van der Waals surface area contributed by atoms with Crippen LogP contribution in [0.5, 0.6) is 0 Å². The third-order valence-electron chi connectivity index (χ3n) is 1.33. The summed E-state index contributed by atoms with van der Waals surface area (Å²) in [7, 11) is 1.77. The Bertz CT molecular complexity index is 86.5. The average Bonchev–Trinajstić information content (AvgIpc) is 1.84. The molecule has 2 nitrogen and oxygen atoms in total. The summed E-state index contributed by atoms with van der Waals surface area (Å²) >= 11 is 0. The van der Waals surface area contributed by atoms with E-state index in [1.165, 1.54) is 0 Å². The second-order valence-electron chi connectivity index (χ2n) is 1.88. The Morgan fingerprint density at radius 2 is 2.25 bits per heavy atom. The first-order valence-corrected chi connectivity index (χ1v) is 2.91. The van der Waals surface area contributed by atoms with E-state index in [0.29, 0.717) is 0 Å². The Hall–Kier alpha value is -0.370. The van der Waals surface area contributed by atoms with E-state index in [0.717, 1.165) is 12.1 Å². The lowest BCUT2D eigenvalue weighted by atomic mass is 10.1. The Morgan fingerprint density at radius 1 is 1.75 bits per heavy atom. The molecule has 0 heterocycles. The topological polar surface area (TPSA) is 38.4 Å². The van der Waals surface area contributed by atoms with Crippen LogP contribution in [0.1, 0.15) is 20.3 Å². The zero-order valence-electron chi connectivity index (χ0n) is 5.81. The molecule has 0 bridgehead atoms. The molecule has 0 fully saturated rings. The fourth-order valence-electron chi connectivity index (χ4n) is 0.461. The maximum atomic E-state index is 5.60. The molecule has 0 spiro atoms. The maximum absolute atomic E-state index is 5.60. The van der Waals surface area contributed by atoms with Gasteiger partial charge >= 0.3 is 0 Å². The van der Waals surface area contributed by atoms with E-state index in [9.17, 15) is 0 Å². The molecule has 0 radical (unpaired) electrons. The third-order valence-corrected chi connectivity index (χ3v) is 1.33. The van der Waals surface area contributed by atoms with Crippen LogP contribution in [0.25, 0.3) is 0 Å². The Kier molecular flexibility index (Phi) is 3.44. The molecule has 1 unspecified atom stereocenters. The van der Waals surface area contributed by atoms with E-state index in [2.05, 4.69) is 11.9 Å². The van der Waals surface area contributed by atoms with Crippen molar-refractivity contribution in [3.63, 3.8) is 0 Å². The van der Waals surface area contributed by atoms with Crippen LogP contribution in [0.2, 0.25) is 0 Å². The van der Waals surface area contributed by atoms with Gasteiger partial charge in [-0.1, -0.05) is 6.92 Å². The summed E-state index contributed by atoms with van der Waals surface area (Å²) < 4.78 is 0. The van der Waals surface area contributed by atoms with Gasteiger partial charge in [-0.3, -0.25) is 4.99 Å². The van der Waals surface area contributed by atoms with E-state index in [1.54, 1.807) is 7.05 Å². The van der Waals surface area contributed by atoms with Crippen LogP contribution in [0.3, 0.4) is 0 Å². The van der Waals surface area contributed by atoms with Crippen LogP contribution in [0.15, 0.2) is 4.99 Å². The number of hydrogen-bond donors (Lipinski definition) is 1. The molecular formula is C6H14N2. The lowest BCUT2D eigenvalue weighted by Crippen LogP contribution is -2.27. The van der Waals surface area contributed by atoms with Crippen molar-refractivity contribution in [2.45, 2.75) is 26.3 Å². The second kappa shape index (κ2) is 3.61. The highest BCUT2D eigenvalue weighted by Gasteiger charge is 1.98. The number of nitrogens with zero attached hydrogens (tertiary/aromatic N) is 1. The van der Waals surface area contributed by atoms with E-state index >= 15 is 0 Å². The van der Waals surface area contributed by atoms with Gasteiger partial charge in [0.1, 0.15) is 0 Å². The molecule has 0 aromatic heterocycles. The predicted molar refractivity (Wildman–Crippen MR) is 37.3 cm³/mol. The third kappa shape index (κ3) is 2.07. The van der Waals surface area contributed by atoms with Crippen LogP contribution >= 0.6 is 0 Å². The van der Waals surface area contributed by atoms with Crippen LogP contribution in [-0.2, 0) is 0 Å². The van der Waals surface area contributed by atoms with Gasteiger partial charge < -0.3 is 5.73 Å². The summed E-state index contributed by atoms with van der Waals surface area (Å²) in [5, 5.41) is 0. The normalized spacial score (nSPS) is 16.2. The highest BCUT2D eigenvalue weighted by molar-refractivity contribution is 5.86. The summed E-state index contributed by atoms with van der Waals surface area (Å²) in [6.07, 6.45) is 0.975. The van der Waals surface area contributed by atoms with Crippen molar-refractivity contribution >= 4 is 5.71 Å². The van der Waals surface area contributed by atoms with Gasteiger partial charge in [-0.15, -0.1) is 0 Å². The van der Waals surface area contributed by atoms with Crippen molar-refractivity contribution in [2.75, 3.05) is 7.05 Å². The van der Waals surface area contributed by atoms with E-state index in [4.69, 9.17) is 5.73 Å². The number of nitrogens with two attached hydrogens (primary N) is 1. The van der Waals surface area contributed by atoms with Crippen molar-refractivity contribution in [1.82, 2.24) is 0 Å². The van der Waals surface area contributed by atoms with Gasteiger partial charge in [-0.25, -0.2) is 0 Å². The second-order valence-corrected chi connectivity index (χ2v) is 1.88. The van der Waals surface area contributed by atoms with Gasteiger partial charge in [0, 0.05) is 18.8 Å². The first-order valence-electron chi connectivity index (χ1n) is 2.91. The Balaban J connectivity index is 3.63. The molecule has 0 amide bonds. The van der Waals surface area contributed by atoms with Crippen molar-refractivity contribution in [3.8, 4) is 0 Å². The summed E-state index contributed by atoms with van der Waals surface area (Å²) in [6, 6.07) is 0.167. The number of hydrogen-bond acceptors (Lipinski definition) is 2. The zero-order chi connectivity index (χ0) is 6.57. The highest BCUT2D eigenvalue weighted by Crippen LogP contribution is 1.88. The Morgan fingerprint density at radius 3 is 2.38 bits per heavy atom. The molecule has 2 N–H and O–H groups in total. The summed E-state index contributed by atoms with van der Waals surface area (Å²) in [5.41, 5.74) is 6.63. The van der Waals surface area contributed by atoms with E-state index < -0.39 is 0 Å². The minimum absolute atomic E-state index is 0.167. The minimum atomic E-state index is 0.167. The standard InChI is InChI=1S/C6H14N2/c1-4-6(7)5(2)8-3/h6H,4,7H2,1-3H3. The molecule has 0 aliphatic rings. The largest absolute Gasteiger partial charge is 0.323 e. The fraction of sp³-hybridized carbons (Fsp3) is 0.833. The highest BCUT2D eigenvalue weighted by atomic mass is 14.8. The molecular weight excluding hydrogens is 100 g/mol. The van der Waals surface area contributed by atoms with Crippen molar-refractivity contribution in [2.24, 2.45) is 10.7 Å². The molecule has 0 aliphatic heterocycles. The van der Waals surface area contributed by atoms with Crippen LogP contribution in [-0.4, -0.2) is 18.8 Å². The SMILES string of the molecule is CCC(N)C(C)=NC. The molecule has 0 aliphatic carbocycles. The van der Waals surface area contributed by atoms with Crippen molar-refractivity contribution in [3.05, 3.63) is 0 Å². The molecule has 8 heavy (non-hydrogen) atoms. The average molecular weight is 114 g/mol. The summed E-state index contributed by atoms with van der Waals surface area (Å²) in [5.74, 6) is 0. The van der Waals surface area contributed by atoms with Crippen LogP contribution in [0, 0.1) is 0 Å². The zero-order valence-corrected chi connectivity index (χ0v) is 5.81. The van der Waals surface area contributed by atoms with Crippen LogP contribution < -0.4 is 5.73 Å². The van der Waals surface area contributed by atoms with Gasteiger partial charge in [-0.05, 0) is 13.3 Å². The quantitative estimate of drug-likeness (QED) is 0.530. The predicted octanol–water partition coefficient (Wildman–Crippen LogP) is 0.814. The molecule has 0 aromatic rings. The Labute approximate surface area is 50.8 Å². The molecule has 0 rings (SSSR count). The first kappa shape index (κ1) is 7.63. The summed E-state index contributed by atoms with van der Waals surface area (Å²) in [6.45, 7) is 4.01. The van der Waals surface area contributed by atoms with Gasteiger partial charge in [0.25, 0.3) is 0 Å². The molecule has 2 heteroatoms. The van der Waals surface area contributed by atoms with Gasteiger partial charge in [-0.2, -0.15) is 0 Å². The minimum Gasteiger partial charge on any atom is -0.323 e. The van der Waals surface area contributed by atoms with E-state index in [1.807, 2.05) is 6.92 Å². The maximum Gasteiger partial charge on any atom is 0.0420 e. The lowest BCUT2D eigenvalue weighted by molar-refractivity contribution is 0.814. The van der Waals surface area contributed by atoms with Crippen molar-refractivity contribution < 1.29 is 0 Å². The smallest absolute Gasteiger partial charge is 0.0420 e. The number of rotatable bonds is 2. The van der Waals surface area contributed by atoms with E-state index in [-0.39, 0.29) is 6.04 Å². The molecule has 0 aromatic carbocycles. The monoisotopic (exact) mass is 114 g/mol. The first-order chi connectivity index (χ1) is 3.72. The van der Waals surface area contributed by atoms with Crippen molar-refractivity contribution in [1.29, 1.82) is 0 Å². The fourth-order valence-corrected chi connectivity index (χ4v) is 0.461. The molecule has 0 saturated carbocycles. The summed E-state index contributed by atoms with van der Waals surface area (Å²) in [4.78, 5) is 3.95. The lowest BCUT2D eigenvalue weighted by Gasteiger charge is -2.05. The molecule has 48 valence electrons. The molecule has 1 atom stereocenters. The van der Waals surface area contributed by atoms with Gasteiger partial charge in [0.15, 0.2) is 0 Å². The van der Waals surface area contributed by atoms with Gasteiger partial charge in [0.05, 0.1) is 0 Å². The van der Waals surface area contributed by atoms with Crippen LogP contribution in [0.4, 0.5) is 0 Å². The van der Waals surface area contributed by atoms with Gasteiger partial charge in [0.2, 0.25) is 0 Å². The number of aliphatic imine (C=N–C) groups is 1. The molecule has 0 saturated heterocycles.